The zero-order valence-electron chi connectivity index (χ0n) is 17.3. The van der Waals surface area contributed by atoms with Gasteiger partial charge in [-0.1, -0.05) is 24.9 Å². The number of carbonyl (C=O) groups is 1. The molecular weight excluding hydrogens is 486 g/mol. The van der Waals surface area contributed by atoms with Gasteiger partial charge in [-0.2, -0.15) is 0 Å². The van der Waals surface area contributed by atoms with Crippen molar-refractivity contribution in [3.8, 4) is 11.5 Å². The molecule has 1 unspecified atom stereocenters. The van der Waals surface area contributed by atoms with Crippen LogP contribution >= 0.6 is 27.5 Å². The minimum Gasteiger partial charge on any atom is -0.503 e. The summed E-state index contributed by atoms with van der Waals surface area (Å²) >= 11 is 9.60. The van der Waals surface area contributed by atoms with Crippen molar-refractivity contribution in [1.82, 2.24) is 4.90 Å². The molecule has 8 heteroatoms. The first kappa shape index (κ1) is 21.7. The standard InChI is InChI=1S/C23H21BrClNO5/c1-4-5-6-26-19(12-8-14(24)21(28)17(9-12)30-3)18-20(27)13-10-15(25)11(2)7-16(13)31-22(18)23(26)29/h7-10,19,28H,4-6H2,1-3H3. The SMILES string of the molecule is CCCCN1C(=O)c2oc3cc(C)c(Cl)cc3c(=O)c2C1c1cc(Br)c(O)c(OC)c1. The molecule has 0 aliphatic carbocycles. The lowest BCUT2D eigenvalue weighted by molar-refractivity contribution is 0.0725. The van der Waals surface area contributed by atoms with Gasteiger partial charge in [0, 0.05) is 11.6 Å². The summed E-state index contributed by atoms with van der Waals surface area (Å²) in [6, 6.07) is 5.92. The lowest BCUT2D eigenvalue weighted by Crippen LogP contribution is -2.30. The summed E-state index contributed by atoms with van der Waals surface area (Å²) in [6.07, 6.45) is 1.65. The summed E-state index contributed by atoms with van der Waals surface area (Å²) in [7, 11) is 1.44. The molecule has 0 saturated heterocycles. The van der Waals surface area contributed by atoms with E-state index in [0.29, 0.717) is 32.6 Å². The van der Waals surface area contributed by atoms with Crippen LogP contribution in [0.5, 0.6) is 11.5 Å². The van der Waals surface area contributed by atoms with Gasteiger partial charge >= 0.3 is 0 Å². The Labute approximate surface area is 192 Å². The molecule has 1 amide bonds. The Bertz CT molecular complexity index is 1270. The molecule has 1 N–H and O–H groups in total. The minimum atomic E-state index is -0.666. The average molecular weight is 507 g/mol. The molecule has 162 valence electrons. The fraction of sp³-hybridized carbons (Fsp3) is 0.304. The third-order valence-corrected chi connectivity index (χ3v) is 6.60. The molecule has 4 rings (SSSR count). The summed E-state index contributed by atoms with van der Waals surface area (Å²) in [4.78, 5) is 28.5. The maximum absolute atomic E-state index is 13.5. The number of nitrogens with zero attached hydrogens (tertiary/aromatic N) is 1. The molecule has 1 atom stereocenters. The van der Waals surface area contributed by atoms with Crippen LogP contribution in [0.15, 0.2) is 37.9 Å². The minimum absolute atomic E-state index is 0.0449. The van der Waals surface area contributed by atoms with Gasteiger partial charge in [-0.05, 0) is 64.7 Å². The number of aromatic hydroxyl groups is 1. The Morgan fingerprint density at radius 2 is 2.00 bits per heavy atom. The number of carbonyl (C=O) groups excluding carboxylic acids is 1. The van der Waals surface area contributed by atoms with Crippen LogP contribution in [0.1, 0.15) is 53.1 Å². The molecule has 1 aromatic heterocycles. The number of amides is 1. The highest BCUT2D eigenvalue weighted by molar-refractivity contribution is 9.10. The summed E-state index contributed by atoms with van der Waals surface area (Å²) in [6.45, 7) is 4.30. The van der Waals surface area contributed by atoms with Crippen molar-refractivity contribution in [3.63, 3.8) is 0 Å². The number of rotatable bonds is 5. The van der Waals surface area contributed by atoms with Gasteiger partial charge in [-0.15, -0.1) is 0 Å². The smallest absolute Gasteiger partial charge is 0.290 e. The maximum Gasteiger partial charge on any atom is 0.290 e. The summed E-state index contributed by atoms with van der Waals surface area (Å²) in [5.41, 5.74) is 1.70. The van der Waals surface area contributed by atoms with Gasteiger partial charge in [0.1, 0.15) is 5.58 Å². The van der Waals surface area contributed by atoms with E-state index in [9.17, 15) is 14.7 Å². The van der Waals surface area contributed by atoms with Crippen LogP contribution < -0.4 is 10.2 Å². The third-order valence-electron chi connectivity index (χ3n) is 5.59. The second-order valence-corrected chi connectivity index (χ2v) is 8.84. The Morgan fingerprint density at radius 3 is 2.68 bits per heavy atom. The lowest BCUT2D eigenvalue weighted by atomic mass is 9.97. The van der Waals surface area contributed by atoms with Crippen molar-refractivity contribution in [2.24, 2.45) is 0 Å². The van der Waals surface area contributed by atoms with E-state index >= 15 is 0 Å². The fourth-order valence-electron chi connectivity index (χ4n) is 3.95. The molecule has 0 saturated carbocycles. The normalized spacial score (nSPS) is 15.6. The van der Waals surface area contributed by atoms with Crippen LogP contribution in [-0.2, 0) is 0 Å². The van der Waals surface area contributed by atoms with Gasteiger partial charge in [0.25, 0.3) is 5.91 Å². The molecule has 0 bridgehead atoms. The van der Waals surface area contributed by atoms with Crippen LogP contribution in [0.25, 0.3) is 11.0 Å². The largest absolute Gasteiger partial charge is 0.503 e. The van der Waals surface area contributed by atoms with Crippen LogP contribution in [0.2, 0.25) is 5.02 Å². The van der Waals surface area contributed by atoms with Crippen molar-refractivity contribution in [2.45, 2.75) is 32.7 Å². The Hall–Kier alpha value is -2.51. The summed E-state index contributed by atoms with van der Waals surface area (Å²) in [5.74, 6) is -0.0972. The summed E-state index contributed by atoms with van der Waals surface area (Å²) < 4.78 is 11.7. The van der Waals surface area contributed by atoms with E-state index in [1.165, 1.54) is 7.11 Å². The third kappa shape index (κ3) is 3.49. The van der Waals surface area contributed by atoms with E-state index in [4.69, 9.17) is 20.8 Å². The van der Waals surface area contributed by atoms with Gasteiger partial charge in [0.2, 0.25) is 5.76 Å². The monoisotopic (exact) mass is 505 g/mol. The molecule has 0 radical (unpaired) electrons. The number of fused-ring (bicyclic) bond motifs is 2. The van der Waals surface area contributed by atoms with Gasteiger partial charge in [-0.3, -0.25) is 9.59 Å². The number of hydrogen-bond acceptors (Lipinski definition) is 5. The first-order chi connectivity index (χ1) is 14.8. The molecule has 1 aliphatic heterocycles. The van der Waals surface area contributed by atoms with Crippen molar-refractivity contribution in [2.75, 3.05) is 13.7 Å². The first-order valence-electron chi connectivity index (χ1n) is 9.92. The highest BCUT2D eigenvalue weighted by atomic mass is 79.9. The maximum atomic E-state index is 13.5. The molecule has 6 nitrogen and oxygen atoms in total. The number of phenolic OH excluding ortho intramolecular Hbond substituents is 1. The van der Waals surface area contributed by atoms with Crippen molar-refractivity contribution < 1.29 is 19.1 Å². The molecule has 3 aromatic rings. The van der Waals surface area contributed by atoms with Crippen molar-refractivity contribution in [3.05, 3.63) is 66.4 Å². The molecule has 2 aromatic carbocycles. The molecule has 2 heterocycles. The predicted octanol–water partition coefficient (Wildman–Crippen LogP) is 5.58. The van der Waals surface area contributed by atoms with Gasteiger partial charge in [0.15, 0.2) is 16.9 Å². The summed E-state index contributed by atoms with van der Waals surface area (Å²) in [5, 5.41) is 11.0. The van der Waals surface area contributed by atoms with Crippen LogP contribution in [0.3, 0.4) is 0 Å². The zero-order valence-corrected chi connectivity index (χ0v) is 19.6. The molecule has 0 spiro atoms. The molecule has 1 aliphatic rings. The van der Waals surface area contributed by atoms with Crippen LogP contribution in [0.4, 0.5) is 0 Å². The van der Waals surface area contributed by atoms with Crippen LogP contribution in [0, 0.1) is 6.92 Å². The first-order valence-corrected chi connectivity index (χ1v) is 11.1. The van der Waals surface area contributed by atoms with E-state index in [0.717, 1.165) is 18.4 Å². The highest BCUT2D eigenvalue weighted by Gasteiger charge is 2.42. The van der Waals surface area contributed by atoms with E-state index in [1.54, 1.807) is 29.2 Å². The fourth-order valence-corrected chi connectivity index (χ4v) is 4.58. The number of ether oxygens (including phenoxy) is 1. The predicted molar refractivity (Wildman–Crippen MR) is 122 cm³/mol. The van der Waals surface area contributed by atoms with Gasteiger partial charge in [0.05, 0.1) is 28.6 Å². The van der Waals surface area contributed by atoms with Crippen molar-refractivity contribution >= 4 is 44.4 Å². The van der Waals surface area contributed by atoms with Crippen molar-refractivity contribution in [1.29, 1.82) is 0 Å². The van der Waals surface area contributed by atoms with Gasteiger partial charge < -0.3 is 19.2 Å². The number of aryl methyl sites for hydroxylation is 1. The second kappa shape index (κ2) is 8.20. The number of benzene rings is 2. The Balaban J connectivity index is 2.01. The number of hydrogen-bond donors (Lipinski definition) is 1. The lowest BCUT2D eigenvalue weighted by Gasteiger charge is -2.25. The van der Waals surface area contributed by atoms with Crippen LogP contribution in [-0.4, -0.2) is 29.6 Å². The molecular formula is C23H21BrClNO5. The molecule has 31 heavy (non-hydrogen) atoms. The van der Waals surface area contributed by atoms with E-state index in [1.807, 2.05) is 13.8 Å². The second-order valence-electron chi connectivity index (χ2n) is 7.58. The Morgan fingerprint density at radius 1 is 1.26 bits per heavy atom. The average Bonchev–Trinajstić information content (AvgIpc) is 3.02. The number of unbranched alkanes of at least 4 members (excludes halogenated alkanes) is 1. The molecule has 0 fully saturated rings. The quantitative estimate of drug-likeness (QED) is 0.489. The topological polar surface area (TPSA) is 80.0 Å². The van der Waals surface area contributed by atoms with Gasteiger partial charge in [-0.25, -0.2) is 0 Å². The highest BCUT2D eigenvalue weighted by Crippen LogP contribution is 2.43. The Kier molecular flexibility index (Phi) is 5.75. The number of methoxy groups -OCH3 is 1. The number of phenols is 1. The van der Waals surface area contributed by atoms with E-state index in [2.05, 4.69) is 15.9 Å². The zero-order chi connectivity index (χ0) is 22.4. The number of halogens is 2. The van der Waals surface area contributed by atoms with E-state index < -0.39 is 6.04 Å². The van der Waals surface area contributed by atoms with E-state index in [-0.39, 0.29) is 34.2 Å².